The van der Waals surface area contributed by atoms with Gasteiger partial charge in [-0.25, -0.2) is 13.1 Å². The Morgan fingerprint density at radius 2 is 2.00 bits per heavy atom. The van der Waals surface area contributed by atoms with Crippen LogP contribution in [0.3, 0.4) is 0 Å². The van der Waals surface area contributed by atoms with Gasteiger partial charge in [0.25, 0.3) is 5.91 Å². The number of rotatable bonds is 7. The number of ether oxygens (including phenoxy) is 1. The Balaban J connectivity index is 1.95. The van der Waals surface area contributed by atoms with Crippen LogP contribution < -0.4 is 15.8 Å². The van der Waals surface area contributed by atoms with Gasteiger partial charge in [0, 0.05) is 30.8 Å². The number of sulfonamides is 1. The Hall–Kier alpha value is -1.48. The molecule has 0 radical (unpaired) electrons. The molecular weight excluding hydrogens is 330 g/mol. The van der Waals surface area contributed by atoms with Gasteiger partial charge >= 0.3 is 0 Å². The van der Waals surface area contributed by atoms with Crippen molar-refractivity contribution in [1.29, 1.82) is 0 Å². The lowest BCUT2D eigenvalue weighted by Crippen LogP contribution is -2.45. The van der Waals surface area contributed by atoms with Crippen LogP contribution in [0.5, 0.6) is 0 Å². The molecule has 1 saturated heterocycles. The van der Waals surface area contributed by atoms with Gasteiger partial charge in [-0.3, -0.25) is 4.79 Å². The first kappa shape index (κ1) is 18.9. The standard InChI is InChI=1S/C16H25N3O4S/c1-16(2,17)11-18-15(20)12-5-7-14(8-6-12)24(21,22)19-10-13-4-3-9-23-13/h5-8,13,19H,3-4,9-11,17H2,1-2H3,(H,18,20). The predicted octanol–water partition coefficient (Wildman–Crippen LogP) is 0.611. The molecule has 1 heterocycles. The fourth-order valence-corrected chi connectivity index (χ4v) is 3.35. The summed E-state index contributed by atoms with van der Waals surface area (Å²) >= 11 is 0. The third-order valence-corrected chi connectivity index (χ3v) is 5.10. The van der Waals surface area contributed by atoms with Crippen molar-refractivity contribution in [2.45, 2.75) is 43.2 Å². The van der Waals surface area contributed by atoms with E-state index in [1.54, 1.807) is 0 Å². The number of amides is 1. The minimum absolute atomic E-state index is 0.0653. The van der Waals surface area contributed by atoms with Gasteiger partial charge in [0.15, 0.2) is 0 Å². The van der Waals surface area contributed by atoms with Crippen molar-refractivity contribution >= 4 is 15.9 Å². The van der Waals surface area contributed by atoms with Crippen molar-refractivity contribution in [3.63, 3.8) is 0 Å². The van der Waals surface area contributed by atoms with Gasteiger partial charge in [0.2, 0.25) is 10.0 Å². The zero-order valence-electron chi connectivity index (χ0n) is 14.0. The minimum atomic E-state index is -3.61. The second kappa shape index (κ2) is 7.60. The molecule has 1 atom stereocenters. The van der Waals surface area contributed by atoms with Gasteiger partial charge in [-0.1, -0.05) is 0 Å². The summed E-state index contributed by atoms with van der Waals surface area (Å²) in [6.45, 7) is 4.88. The van der Waals surface area contributed by atoms with Gasteiger partial charge in [-0.15, -0.1) is 0 Å². The quantitative estimate of drug-likeness (QED) is 0.664. The first-order chi connectivity index (χ1) is 11.2. The topological polar surface area (TPSA) is 111 Å². The maximum Gasteiger partial charge on any atom is 0.251 e. The lowest BCUT2D eigenvalue weighted by molar-refractivity contribution is 0.0946. The molecule has 1 aliphatic heterocycles. The van der Waals surface area contributed by atoms with E-state index >= 15 is 0 Å². The highest BCUT2D eigenvalue weighted by Crippen LogP contribution is 2.14. The lowest BCUT2D eigenvalue weighted by Gasteiger charge is -2.18. The van der Waals surface area contributed by atoms with E-state index in [1.807, 2.05) is 13.8 Å². The van der Waals surface area contributed by atoms with E-state index in [2.05, 4.69) is 10.0 Å². The van der Waals surface area contributed by atoms with Crippen LogP contribution in [-0.2, 0) is 14.8 Å². The molecule has 4 N–H and O–H groups in total. The van der Waals surface area contributed by atoms with Crippen LogP contribution in [0, 0.1) is 0 Å². The van der Waals surface area contributed by atoms with Crippen LogP contribution in [0.1, 0.15) is 37.0 Å². The van der Waals surface area contributed by atoms with Crippen molar-refractivity contribution in [1.82, 2.24) is 10.0 Å². The van der Waals surface area contributed by atoms with Gasteiger partial charge in [-0.05, 0) is 51.0 Å². The van der Waals surface area contributed by atoms with Gasteiger partial charge in [-0.2, -0.15) is 0 Å². The summed E-state index contributed by atoms with van der Waals surface area (Å²) in [6.07, 6.45) is 1.75. The average Bonchev–Trinajstić information content (AvgIpc) is 3.04. The monoisotopic (exact) mass is 355 g/mol. The number of nitrogens with one attached hydrogen (secondary N) is 2. The smallest absolute Gasteiger partial charge is 0.251 e. The van der Waals surface area contributed by atoms with Crippen LogP contribution in [0.25, 0.3) is 0 Å². The van der Waals surface area contributed by atoms with Crippen LogP contribution in [0.4, 0.5) is 0 Å². The highest BCUT2D eigenvalue weighted by molar-refractivity contribution is 7.89. The minimum Gasteiger partial charge on any atom is -0.377 e. The largest absolute Gasteiger partial charge is 0.377 e. The van der Waals surface area contributed by atoms with Crippen LogP contribution in [0.2, 0.25) is 0 Å². The normalized spacial score (nSPS) is 18.5. The Kier molecular flexibility index (Phi) is 5.97. The number of hydrogen-bond donors (Lipinski definition) is 3. The zero-order valence-corrected chi connectivity index (χ0v) is 14.9. The van der Waals surface area contributed by atoms with Crippen LogP contribution >= 0.6 is 0 Å². The summed E-state index contributed by atoms with van der Waals surface area (Å²) in [6, 6.07) is 5.81. The molecule has 0 bridgehead atoms. The Morgan fingerprint density at radius 1 is 1.33 bits per heavy atom. The van der Waals surface area contributed by atoms with Gasteiger partial charge < -0.3 is 15.8 Å². The predicted molar refractivity (Wildman–Crippen MR) is 91.2 cm³/mol. The second-order valence-electron chi connectivity index (χ2n) is 6.68. The second-order valence-corrected chi connectivity index (χ2v) is 8.45. The summed E-state index contributed by atoms with van der Waals surface area (Å²) in [7, 11) is -3.61. The van der Waals surface area contributed by atoms with Gasteiger partial charge in [0.1, 0.15) is 0 Å². The lowest BCUT2D eigenvalue weighted by atomic mass is 10.1. The number of nitrogens with two attached hydrogens (primary N) is 1. The van der Waals surface area contributed by atoms with Crippen molar-refractivity contribution in [2.75, 3.05) is 19.7 Å². The van der Waals surface area contributed by atoms with E-state index < -0.39 is 15.6 Å². The third-order valence-electron chi connectivity index (χ3n) is 3.66. The van der Waals surface area contributed by atoms with Gasteiger partial charge in [0.05, 0.1) is 11.0 Å². The molecular formula is C16H25N3O4S. The molecule has 0 aromatic heterocycles. The van der Waals surface area contributed by atoms with E-state index in [9.17, 15) is 13.2 Å². The summed E-state index contributed by atoms with van der Waals surface area (Å²) in [5.74, 6) is -0.287. The van der Waals surface area contributed by atoms with Crippen molar-refractivity contribution in [2.24, 2.45) is 5.73 Å². The first-order valence-corrected chi connectivity index (χ1v) is 9.44. The number of benzene rings is 1. The third kappa shape index (κ3) is 5.55. The molecule has 2 rings (SSSR count). The molecule has 1 fully saturated rings. The first-order valence-electron chi connectivity index (χ1n) is 7.96. The molecule has 0 aliphatic carbocycles. The van der Waals surface area contributed by atoms with Crippen molar-refractivity contribution in [3.05, 3.63) is 29.8 Å². The highest BCUT2D eigenvalue weighted by Gasteiger charge is 2.20. The Morgan fingerprint density at radius 3 is 2.54 bits per heavy atom. The molecule has 1 amide bonds. The summed E-state index contributed by atoms with van der Waals surface area (Å²) in [4.78, 5) is 12.1. The molecule has 8 heteroatoms. The molecule has 0 saturated carbocycles. The number of carbonyl (C=O) groups is 1. The van der Waals surface area contributed by atoms with E-state index in [4.69, 9.17) is 10.5 Å². The zero-order chi connectivity index (χ0) is 17.8. The molecule has 1 aromatic rings. The maximum atomic E-state index is 12.2. The van der Waals surface area contributed by atoms with Crippen molar-refractivity contribution in [3.8, 4) is 0 Å². The fraction of sp³-hybridized carbons (Fsp3) is 0.562. The maximum absolute atomic E-state index is 12.2. The fourth-order valence-electron chi connectivity index (χ4n) is 2.29. The molecule has 1 aliphatic rings. The molecule has 1 aromatic carbocycles. The summed E-state index contributed by atoms with van der Waals surface area (Å²) in [5.41, 5.74) is 5.69. The van der Waals surface area contributed by atoms with Crippen LogP contribution in [0.15, 0.2) is 29.2 Å². The van der Waals surface area contributed by atoms with E-state index in [0.29, 0.717) is 18.7 Å². The average molecular weight is 355 g/mol. The molecule has 1 unspecified atom stereocenters. The Bertz CT molecular complexity index is 660. The van der Waals surface area contributed by atoms with Crippen LogP contribution in [-0.4, -0.2) is 45.7 Å². The summed E-state index contributed by atoms with van der Waals surface area (Å²) < 4.78 is 32.4. The Labute approximate surface area is 143 Å². The number of carbonyl (C=O) groups excluding carboxylic acids is 1. The molecule has 7 nitrogen and oxygen atoms in total. The van der Waals surface area contributed by atoms with Crippen molar-refractivity contribution < 1.29 is 17.9 Å². The van der Waals surface area contributed by atoms with E-state index in [1.165, 1.54) is 24.3 Å². The molecule has 0 spiro atoms. The summed E-state index contributed by atoms with van der Waals surface area (Å²) in [5, 5.41) is 2.71. The van der Waals surface area contributed by atoms with E-state index in [0.717, 1.165) is 12.8 Å². The molecule has 24 heavy (non-hydrogen) atoms. The number of hydrogen-bond acceptors (Lipinski definition) is 5. The SMILES string of the molecule is CC(C)(N)CNC(=O)c1ccc(S(=O)(=O)NCC2CCCO2)cc1. The highest BCUT2D eigenvalue weighted by atomic mass is 32.2. The molecule has 134 valence electrons. The van der Waals surface area contributed by atoms with E-state index in [-0.39, 0.29) is 23.5 Å².